The van der Waals surface area contributed by atoms with E-state index >= 15 is 0 Å². The Balaban J connectivity index is 2.44. The van der Waals surface area contributed by atoms with Crippen molar-refractivity contribution in [1.82, 2.24) is 14.3 Å². The lowest BCUT2D eigenvalue weighted by Gasteiger charge is -2.28. The molecule has 2 aromatic rings. The number of amides is 1. The van der Waals surface area contributed by atoms with Gasteiger partial charge >= 0.3 is 0 Å². The lowest BCUT2D eigenvalue weighted by atomic mass is 10.1. The molecule has 0 saturated carbocycles. The highest BCUT2D eigenvalue weighted by Crippen LogP contribution is 2.14. The number of hydrogen-bond acceptors (Lipinski definition) is 4. The Morgan fingerprint density at radius 2 is 2.18 bits per heavy atom. The number of carbonyl (C=O) groups is 1. The van der Waals surface area contributed by atoms with E-state index in [-0.39, 0.29) is 23.1 Å². The van der Waals surface area contributed by atoms with E-state index in [0.29, 0.717) is 11.5 Å². The van der Waals surface area contributed by atoms with Gasteiger partial charge in [-0.15, -0.1) is 11.3 Å². The van der Waals surface area contributed by atoms with Gasteiger partial charge in [0, 0.05) is 29.9 Å². The van der Waals surface area contributed by atoms with E-state index in [9.17, 15) is 9.59 Å². The molecule has 0 aliphatic heterocycles. The van der Waals surface area contributed by atoms with Gasteiger partial charge in [0.05, 0.1) is 0 Å². The lowest BCUT2D eigenvalue weighted by molar-refractivity contribution is 0.0683. The molecule has 0 unspecified atom stereocenters. The van der Waals surface area contributed by atoms with Crippen LogP contribution in [0.2, 0.25) is 0 Å². The zero-order valence-corrected chi connectivity index (χ0v) is 14.4. The van der Waals surface area contributed by atoms with Gasteiger partial charge in [0.1, 0.15) is 5.56 Å². The van der Waals surface area contributed by atoms with Crippen LogP contribution >= 0.6 is 11.3 Å². The Kier molecular flexibility index (Phi) is 5.34. The summed E-state index contributed by atoms with van der Waals surface area (Å²) in [6, 6.07) is 0.114. The van der Waals surface area contributed by atoms with E-state index in [1.165, 1.54) is 21.9 Å². The van der Waals surface area contributed by atoms with Gasteiger partial charge in [0.25, 0.3) is 11.5 Å². The average Bonchev–Trinajstić information content (AvgIpc) is 2.89. The first kappa shape index (κ1) is 16.7. The summed E-state index contributed by atoms with van der Waals surface area (Å²) >= 11 is 1.41. The largest absolute Gasteiger partial charge is 0.336 e. The molecule has 0 radical (unpaired) electrons. The number of hydrogen-bond donors (Lipinski definition) is 0. The van der Waals surface area contributed by atoms with Gasteiger partial charge in [-0.1, -0.05) is 20.3 Å². The maximum atomic E-state index is 12.8. The van der Waals surface area contributed by atoms with E-state index in [1.54, 1.807) is 4.90 Å². The van der Waals surface area contributed by atoms with Crippen LogP contribution < -0.4 is 5.56 Å². The van der Waals surface area contributed by atoms with Gasteiger partial charge in [0.2, 0.25) is 0 Å². The minimum absolute atomic E-state index is 0.114. The van der Waals surface area contributed by atoms with Crippen molar-refractivity contribution in [3.63, 3.8) is 0 Å². The van der Waals surface area contributed by atoms with Gasteiger partial charge in [-0.3, -0.25) is 14.0 Å². The van der Waals surface area contributed by atoms with Crippen LogP contribution in [0.15, 0.2) is 16.4 Å². The summed E-state index contributed by atoms with van der Waals surface area (Å²) in [7, 11) is 0. The van der Waals surface area contributed by atoms with Crippen molar-refractivity contribution in [2.45, 2.75) is 53.0 Å². The normalized spacial score (nSPS) is 12.5. The topological polar surface area (TPSA) is 54.7 Å². The summed E-state index contributed by atoms with van der Waals surface area (Å²) in [6.07, 6.45) is 4.24. The SMILES string of the molecule is CCCCN(C(=O)c1cnc2scc(C)n2c1=O)[C@@H](C)CC. The fourth-order valence-electron chi connectivity index (χ4n) is 2.40. The molecule has 1 atom stereocenters. The van der Waals surface area contributed by atoms with Crippen LogP contribution in [0.25, 0.3) is 4.96 Å². The minimum atomic E-state index is -0.265. The molecular weight excluding hydrogens is 298 g/mol. The first-order chi connectivity index (χ1) is 10.5. The third kappa shape index (κ3) is 3.06. The number of rotatable bonds is 6. The molecule has 1 amide bonds. The Morgan fingerprint density at radius 3 is 2.82 bits per heavy atom. The second-order valence-electron chi connectivity index (χ2n) is 5.58. The van der Waals surface area contributed by atoms with Gasteiger partial charge in [0.15, 0.2) is 4.96 Å². The molecule has 5 nitrogen and oxygen atoms in total. The molecule has 6 heteroatoms. The minimum Gasteiger partial charge on any atom is -0.336 e. The van der Waals surface area contributed by atoms with Crippen molar-refractivity contribution >= 4 is 22.2 Å². The van der Waals surface area contributed by atoms with Crippen molar-refractivity contribution in [3.8, 4) is 0 Å². The number of fused-ring (bicyclic) bond motifs is 1. The van der Waals surface area contributed by atoms with Crippen LogP contribution in [0.1, 0.15) is 56.1 Å². The van der Waals surface area contributed by atoms with Crippen LogP contribution in [0.3, 0.4) is 0 Å². The molecule has 2 rings (SSSR count). The molecule has 22 heavy (non-hydrogen) atoms. The predicted octanol–water partition coefficient (Wildman–Crippen LogP) is 3.11. The highest BCUT2D eigenvalue weighted by molar-refractivity contribution is 7.15. The van der Waals surface area contributed by atoms with Crippen LogP contribution in [-0.4, -0.2) is 32.8 Å². The van der Waals surface area contributed by atoms with Gasteiger partial charge in [-0.2, -0.15) is 0 Å². The number of aromatic nitrogens is 2. The molecule has 0 aliphatic rings. The van der Waals surface area contributed by atoms with Crippen molar-refractivity contribution < 1.29 is 4.79 Å². The zero-order valence-electron chi connectivity index (χ0n) is 13.6. The van der Waals surface area contributed by atoms with Crippen molar-refractivity contribution in [1.29, 1.82) is 0 Å². The van der Waals surface area contributed by atoms with E-state index in [4.69, 9.17) is 0 Å². The monoisotopic (exact) mass is 321 g/mol. The van der Waals surface area contributed by atoms with Crippen molar-refractivity contribution in [2.24, 2.45) is 0 Å². The zero-order chi connectivity index (χ0) is 16.3. The Bertz CT molecular complexity index is 720. The molecule has 0 bridgehead atoms. The summed E-state index contributed by atoms with van der Waals surface area (Å²) in [5.41, 5.74) is 0.713. The standard InChI is InChI=1S/C16H23N3O2S/c1-5-7-8-18(11(3)6-2)14(20)13-9-17-16-19(15(13)21)12(4)10-22-16/h9-11H,5-8H2,1-4H3/t11-/m0/s1. The fraction of sp³-hybridized carbons (Fsp3) is 0.562. The molecule has 0 aliphatic carbocycles. The summed E-state index contributed by atoms with van der Waals surface area (Å²) in [6.45, 7) is 8.69. The number of nitrogens with zero attached hydrogens (tertiary/aromatic N) is 3. The number of thiazole rings is 1. The van der Waals surface area contributed by atoms with E-state index in [2.05, 4.69) is 11.9 Å². The first-order valence-electron chi connectivity index (χ1n) is 7.78. The molecule has 0 spiro atoms. The van der Waals surface area contributed by atoms with Crippen LogP contribution in [-0.2, 0) is 0 Å². The third-order valence-corrected chi connectivity index (χ3v) is 4.94. The highest BCUT2D eigenvalue weighted by Gasteiger charge is 2.24. The summed E-state index contributed by atoms with van der Waals surface area (Å²) in [5.74, 6) is -0.208. The lowest BCUT2D eigenvalue weighted by Crippen LogP contribution is -2.41. The maximum absolute atomic E-state index is 12.8. The van der Waals surface area contributed by atoms with Crippen LogP contribution in [0.4, 0.5) is 0 Å². The Morgan fingerprint density at radius 1 is 1.45 bits per heavy atom. The van der Waals surface area contributed by atoms with Gasteiger partial charge in [-0.25, -0.2) is 4.98 Å². The molecule has 120 valence electrons. The Labute approximate surface area is 134 Å². The van der Waals surface area contributed by atoms with Crippen LogP contribution in [0.5, 0.6) is 0 Å². The number of aryl methyl sites for hydroxylation is 1. The Hall–Kier alpha value is -1.69. The summed E-state index contributed by atoms with van der Waals surface area (Å²) < 4.78 is 1.52. The van der Waals surface area contributed by atoms with E-state index in [1.807, 2.05) is 26.2 Å². The molecule has 0 aromatic carbocycles. The maximum Gasteiger partial charge on any atom is 0.271 e. The average molecular weight is 321 g/mol. The van der Waals surface area contributed by atoms with Crippen LogP contribution in [0, 0.1) is 6.92 Å². The number of unbranched alkanes of at least 4 members (excludes halogenated alkanes) is 1. The van der Waals surface area contributed by atoms with Gasteiger partial charge < -0.3 is 4.90 Å². The fourth-order valence-corrected chi connectivity index (χ4v) is 3.22. The van der Waals surface area contributed by atoms with Crippen molar-refractivity contribution in [3.05, 3.63) is 33.2 Å². The molecule has 0 saturated heterocycles. The summed E-state index contributed by atoms with van der Waals surface area (Å²) in [5, 5.41) is 1.88. The second-order valence-corrected chi connectivity index (χ2v) is 6.42. The van der Waals surface area contributed by atoms with Crippen molar-refractivity contribution in [2.75, 3.05) is 6.54 Å². The highest BCUT2D eigenvalue weighted by atomic mass is 32.1. The summed E-state index contributed by atoms with van der Waals surface area (Å²) in [4.78, 5) is 32.1. The quantitative estimate of drug-likeness (QED) is 0.821. The smallest absolute Gasteiger partial charge is 0.271 e. The first-order valence-corrected chi connectivity index (χ1v) is 8.66. The van der Waals surface area contributed by atoms with Gasteiger partial charge in [-0.05, 0) is 26.7 Å². The van der Waals surface area contributed by atoms with E-state index < -0.39 is 0 Å². The predicted molar refractivity (Wildman–Crippen MR) is 89.8 cm³/mol. The third-order valence-electron chi connectivity index (χ3n) is 3.98. The molecular formula is C16H23N3O2S. The van der Waals surface area contributed by atoms with E-state index in [0.717, 1.165) is 25.0 Å². The number of carbonyl (C=O) groups excluding carboxylic acids is 1. The molecule has 2 heterocycles. The second kappa shape index (κ2) is 7.05. The molecule has 0 N–H and O–H groups in total. The molecule has 0 fully saturated rings. The molecule has 2 aromatic heterocycles.